The third-order valence-corrected chi connectivity index (χ3v) is 3.66. The highest BCUT2D eigenvalue weighted by Gasteiger charge is 2.10. The molecule has 4 N–H and O–H groups in total. The summed E-state index contributed by atoms with van der Waals surface area (Å²) in [6.45, 7) is 0. The molecular formula is C14H11BrClN3OS. The number of thiocarbonyl (C=S) groups is 1. The number of halogens is 2. The van der Waals surface area contributed by atoms with Crippen LogP contribution in [-0.4, -0.2) is 11.0 Å². The second-order valence-electron chi connectivity index (χ2n) is 4.11. The Labute approximate surface area is 140 Å². The van der Waals surface area contributed by atoms with Crippen molar-refractivity contribution < 1.29 is 4.79 Å². The molecule has 0 aliphatic carbocycles. The van der Waals surface area contributed by atoms with E-state index in [9.17, 15) is 4.79 Å². The van der Waals surface area contributed by atoms with E-state index < -0.39 is 6.03 Å². The second kappa shape index (κ2) is 6.89. The maximum atomic E-state index is 12.0. The van der Waals surface area contributed by atoms with Crippen molar-refractivity contribution in [3.63, 3.8) is 0 Å². The van der Waals surface area contributed by atoms with Gasteiger partial charge in [-0.15, -0.1) is 0 Å². The van der Waals surface area contributed by atoms with Crippen LogP contribution < -0.4 is 16.4 Å². The van der Waals surface area contributed by atoms with Crippen LogP contribution in [0.3, 0.4) is 0 Å². The molecule has 0 radical (unpaired) electrons. The number of nitrogens with two attached hydrogens (primary N) is 1. The van der Waals surface area contributed by atoms with Crippen LogP contribution in [0.15, 0.2) is 46.9 Å². The molecule has 0 saturated heterocycles. The van der Waals surface area contributed by atoms with Crippen molar-refractivity contribution in [2.75, 3.05) is 10.6 Å². The summed E-state index contributed by atoms with van der Waals surface area (Å²) in [4.78, 5) is 12.2. The number of rotatable bonds is 3. The molecular weight excluding hydrogens is 374 g/mol. The molecule has 0 aliphatic heterocycles. The van der Waals surface area contributed by atoms with Gasteiger partial charge in [-0.3, -0.25) is 0 Å². The fraction of sp³-hybridized carbons (Fsp3) is 0. The lowest BCUT2D eigenvalue weighted by atomic mass is 10.2. The lowest BCUT2D eigenvalue weighted by Gasteiger charge is -2.12. The molecule has 2 aromatic carbocycles. The first-order valence-electron chi connectivity index (χ1n) is 5.89. The Balaban J connectivity index is 2.18. The Morgan fingerprint density at radius 2 is 1.81 bits per heavy atom. The van der Waals surface area contributed by atoms with Gasteiger partial charge < -0.3 is 16.4 Å². The Kier molecular flexibility index (Phi) is 5.17. The highest BCUT2D eigenvalue weighted by molar-refractivity contribution is 9.10. The van der Waals surface area contributed by atoms with Gasteiger partial charge in [-0.25, -0.2) is 4.79 Å². The van der Waals surface area contributed by atoms with Gasteiger partial charge in [0.1, 0.15) is 4.99 Å². The zero-order valence-corrected chi connectivity index (χ0v) is 13.8. The topological polar surface area (TPSA) is 67.1 Å². The molecule has 2 aromatic rings. The van der Waals surface area contributed by atoms with Gasteiger partial charge in [0.25, 0.3) is 0 Å². The Morgan fingerprint density at radius 1 is 1.14 bits per heavy atom. The summed E-state index contributed by atoms with van der Waals surface area (Å²) in [5, 5.41) is 5.82. The zero-order chi connectivity index (χ0) is 15.4. The van der Waals surface area contributed by atoms with Crippen LogP contribution in [0, 0.1) is 0 Å². The molecule has 2 amide bonds. The predicted molar refractivity (Wildman–Crippen MR) is 94.1 cm³/mol. The van der Waals surface area contributed by atoms with Crippen molar-refractivity contribution in [3.8, 4) is 0 Å². The summed E-state index contributed by atoms with van der Waals surface area (Å²) in [6, 6.07) is 11.8. The molecule has 0 fully saturated rings. The zero-order valence-electron chi connectivity index (χ0n) is 10.7. The highest BCUT2D eigenvalue weighted by atomic mass is 79.9. The van der Waals surface area contributed by atoms with Crippen molar-refractivity contribution >= 4 is 62.1 Å². The average Bonchev–Trinajstić information content (AvgIpc) is 2.41. The van der Waals surface area contributed by atoms with E-state index in [2.05, 4.69) is 26.6 Å². The summed E-state index contributed by atoms with van der Waals surface area (Å²) < 4.78 is 0.801. The van der Waals surface area contributed by atoms with Gasteiger partial charge >= 0.3 is 6.03 Å². The molecule has 108 valence electrons. The van der Waals surface area contributed by atoms with E-state index in [4.69, 9.17) is 29.6 Å². The number of hydrogen-bond donors (Lipinski definition) is 3. The van der Waals surface area contributed by atoms with E-state index in [1.165, 1.54) is 0 Å². The van der Waals surface area contributed by atoms with Crippen LogP contribution in [0.1, 0.15) is 5.56 Å². The van der Waals surface area contributed by atoms with E-state index in [1.807, 2.05) is 0 Å². The lowest BCUT2D eigenvalue weighted by Crippen LogP contribution is -2.22. The third-order valence-electron chi connectivity index (χ3n) is 2.62. The Morgan fingerprint density at radius 3 is 2.48 bits per heavy atom. The normalized spacial score (nSPS) is 10.0. The molecule has 0 saturated carbocycles. The summed E-state index contributed by atoms with van der Waals surface area (Å²) in [5.41, 5.74) is 7.26. The number of amides is 2. The number of urea groups is 1. The minimum Gasteiger partial charge on any atom is -0.389 e. The van der Waals surface area contributed by atoms with Gasteiger partial charge in [-0.05, 0) is 30.3 Å². The molecule has 0 spiro atoms. The van der Waals surface area contributed by atoms with Gasteiger partial charge in [-0.2, -0.15) is 0 Å². The summed E-state index contributed by atoms with van der Waals surface area (Å²) >= 11 is 14.3. The maximum Gasteiger partial charge on any atom is 0.323 e. The molecule has 7 heteroatoms. The van der Waals surface area contributed by atoms with Gasteiger partial charge in [0.05, 0.1) is 16.4 Å². The van der Waals surface area contributed by atoms with Crippen molar-refractivity contribution in [2.45, 2.75) is 0 Å². The van der Waals surface area contributed by atoms with E-state index in [0.717, 1.165) is 4.47 Å². The number of carbonyl (C=O) groups is 1. The molecule has 0 unspecified atom stereocenters. The monoisotopic (exact) mass is 383 g/mol. The average molecular weight is 385 g/mol. The maximum absolute atomic E-state index is 12.0. The van der Waals surface area contributed by atoms with Crippen LogP contribution in [0.2, 0.25) is 5.02 Å². The first-order valence-corrected chi connectivity index (χ1v) is 7.47. The number of carbonyl (C=O) groups excluding carboxylic acids is 1. The quantitative estimate of drug-likeness (QED) is 0.688. The fourth-order valence-electron chi connectivity index (χ4n) is 1.67. The Hall–Kier alpha value is -1.63. The molecule has 0 atom stereocenters. The molecule has 21 heavy (non-hydrogen) atoms. The van der Waals surface area contributed by atoms with Crippen LogP contribution in [0.25, 0.3) is 0 Å². The number of benzene rings is 2. The SMILES string of the molecule is NC(=S)c1ccc(Br)cc1NC(=O)Nc1ccccc1Cl. The number of anilines is 2. The smallest absolute Gasteiger partial charge is 0.323 e. The molecule has 0 aliphatic rings. The van der Waals surface area contributed by atoms with Crippen molar-refractivity contribution in [1.29, 1.82) is 0 Å². The standard InChI is InChI=1S/C14H11BrClN3OS/c15-8-5-6-9(13(17)21)12(7-8)19-14(20)18-11-4-2-1-3-10(11)16/h1-7H,(H2,17,21)(H2,18,19,20). The van der Waals surface area contributed by atoms with E-state index in [-0.39, 0.29) is 4.99 Å². The van der Waals surface area contributed by atoms with E-state index in [1.54, 1.807) is 42.5 Å². The second-order valence-corrected chi connectivity index (χ2v) is 5.88. The first kappa shape index (κ1) is 15.8. The van der Waals surface area contributed by atoms with Gasteiger partial charge in [0.2, 0.25) is 0 Å². The van der Waals surface area contributed by atoms with Crippen LogP contribution >= 0.6 is 39.7 Å². The number of hydrogen-bond acceptors (Lipinski definition) is 2. The lowest BCUT2D eigenvalue weighted by molar-refractivity contribution is 0.262. The van der Waals surface area contributed by atoms with Crippen LogP contribution in [0.5, 0.6) is 0 Å². The van der Waals surface area contributed by atoms with E-state index in [0.29, 0.717) is 22.0 Å². The van der Waals surface area contributed by atoms with Gasteiger partial charge in [0, 0.05) is 10.0 Å². The van der Waals surface area contributed by atoms with Crippen molar-refractivity contribution in [1.82, 2.24) is 0 Å². The third kappa shape index (κ3) is 4.17. The molecule has 0 aromatic heterocycles. The highest BCUT2D eigenvalue weighted by Crippen LogP contribution is 2.23. The van der Waals surface area contributed by atoms with Crippen LogP contribution in [0.4, 0.5) is 16.2 Å². The molecule has 2 rings (SSSR count). The minimum atomic E-state index is -0.432. The largest absolute Gasteiger partial charge is 0.389 e. The molecule has 4 nitrogen and oxygen atoms in total. The van der Waals surface area contributed by atoms with Gasteiger partial charge in [-0.1, -0.05) is 51.9 Å². The summed E-state index contributed by atoms with van der Waals surface area (Å²) in [5.74, 6) is 0. The van der Waals surface area contributed by atoms with Gasteiger partial charge in [0.15, 0.2) is 0 Å². The van der Waals surface area contributed by atoms with Crippen molar-refractivity contribution in [2.24, 2.45) is 5.73 Å². The Bertz CT molecular complexity index is 708. The summed E-state index contributed by atoms with van der Waals surface area (Å²) in [7, 11) is 0. The number of nitrogens with one attached hydrogen (secondary N) is 2. The van der Waals surface area contributed by atoms with E-state index >= 15 is 0 Å². The summed E-state index contributed by atoms with van der Waals surface area (Å²) in [6.07, 6.45) is 0. The van der Waals surface area contributed by atoms with Crippen LogP contribution in [-0.2, 0) is 0 Å². The minimum absolute atomic E-state index is 0.204. The molecule has 0 bridgehead atoms. The van der Waals surface area contributed by atoms with Crippen molar-refractivity contribution in [3.05, 3.63) is 57.5 Å². The number of para-hydroxylation sites is 1. The predicted octanol–water partition coefficient (Wildman–Crippen LogP) is 4.38. The first-order chi connectivity index (χ1) is 9.97. The molecule has 0 heterocycles. The fourth-order valence-corrected chi connectivity index (χ4v) is 2.40.